The van der Waals surface area contributed by atoms with Gasteiger partial charge in [0.05, 0.1) is 16.9 Å². The largest absolute Gasteiger partial charge is 0.398 e. The molecule has 0 radical (unpaired) electrons. The molecule has 8 heteroatoms. The van der Waals surface area contributed by atoms with E-state index < -0.39 is 10.0 Å². The maximum atomic E-state index is 12.9. The third kappa shape index (κ3) is 2.16. The van der Waals surface area contributed by atoms with Gasteiger partial charge in [0.1, 0.15) is 0 Å². The third-order valence-electron chi connectivity index (χ3n) is 3.62. The molecule has 0 bridgehead atoms. The maximum absolute atomic E-state index is 12.9. The summed E-state index contributed by atoms with van der Waals surface area (Å²) in [6.45, 7) is 0.403. The third-order valence-corrected chi connectivity index (χ3v) is 5.94. The number of aryl methyl sites for hydroxylation is 1. The van der Waals surface area contributed by atoms with E-state index in [1.54, 1.807) is 25.2 Å². The number of halogens is 1. The molecule has 1 aromatic heterocycles. The fraction of sp³-hybridized carbons (Fsp3) is 0.308. The van der Waals surface area contributed by atoms with Gasteiger partial charge < -0.3 is 5.73 Å². The predicted molar refractivity (Wildman–Crippen MR) is 81.9 cm³/mol. The lowest BCUT2D eigenvalue weighted by Gasteiger charge is -2.31. The van der Waals surface area contributed by atoms with Gasteiger partial charge in [0.25, 0.3) is 10.0 Å². The molecule has 2 N–H and O–H groups in total. The van der Waals surface area contributed by atoms with Gasteiger partial charge in [-0.15, -0.1) is 0 Å². The Morgan fingerprint density at radius 2 is 2.14 bits per heavy atom. The van der Waals surface area contributed by atoms with Crippen LogP contribution in [0.5, 0.6) is 0 Å². The van der Waals surface area contributed by atoms with Gasteiger partial charge in [-0.1, -0.05) is 17.7 Å². The van der Waals surface area contributed by atoms with Crippen molar-refractivity contribution in [1.82, 2.24) is 9.78 Å². The van der Waals surface area contributed by atoms with Gasteiger partial charge in [0.2, 0.25) is 0 Å². The summed E-state index contributed by atoms with van der Waals surface area (Å²) in [7, 11) is -2.21. The van der Waals surface area contributed by atoms with Crippen LogP contribution in [0.2, 0.25) is 5.02 Å². The molecule has 0 saturated heterocycles. The average Bonchev–Trinajstić information content (AvgIpc) is 2.78. The van der Waals surface area contributed by atoms with E-state index in [1.165, 1.54) is 15.2 Å². The number of anilines is 2. The molecule has 0 saturated carbocycles. The van der Waals surface area contributed by atoms with E-state index in [-0.39, 0.29) is 10.0 Å². The number of benzene rings is 1. The van der Waals surface area contributed by atoms with Gasteiger partial charge in [-0.05, 0) is 30.5 Å². The number of rotatable bonds is 2. The number of hydrogen-bond acceptors (Lipinski definition) is 4. The molecule has 21 heavy (non-hydrogen) atoms. The molecular weight excluding hydrogens is 312 g/mol. The van der Waals surface area contributed by atoms with E-state index in [2.05, 4.69) is 5.10 Å². The Morgan fingerprint density at radius 3 is 2.81 bits per heavy atom. The van der Waals surface area contributed by atoms with E-state index >= 15 is 0 Å². The second kappa shape index (κ2) is 4.92. The Balaban J connectivity index is 2.17. The first-order valence-electron chi connectivity index (χ1n) is 6.50. The molecule has 112 valence electrons. The van der Waals surface area contributed by atoms with Crippen molar-refractivity contribution in [2.24, 2.45) is 7.05 Å². The molecule has 0 fully saturated rings. The molecule has 3 rings (SSSR count). The first-order valence-corrected chi connectivity index (χ1v) is 8.32. The summed E-state index contributed by atoms with van der Waals surface area (Å²) in [5, 5.41) is 4.02. The van der Waals surface area contributed by atoms with Crippen LogP contribution in [0.1, 0.15) is 12.0 Å². The molecule has 0 atom stereocenters. The molecule has 2 aromatic rings. The Kier molecular flexibility index (Phi) is 3.33. The molecule has 2 heterocycles. The zero-order chi connectivity index (χ0) is 15.2. The van der Waals surface area contributed by atoms with E-state index in [1.807, 2.05) is 0 Å². The highest BCUT2D eigenvalue weighted by Crippen LogP contribution is 2.36. The number of nitrogens with two attached hydrogens (primary N) is 1. The maximum Gasteiger partial charge on any atom is 0.283 e. The first kappa shape index (κ1) is 14.2. The van der Waals surface area contributed by atoms with Crippen molar-refractivity contribution in [2.75, 3.05) is 16.6 Å². The number of sulfonamides is 1. The standard InChI is InChI=1S/C13H15ClN4O2S/c1-17-13(10(14)8-16-17)21(19,20)18-7-3-4-9-11(15)5-2-6-12(9)18/h2,5-6,8H,3-4,7,15H2,1H3. The molecule has 1 aromatic carbocycles. The van der Waals surface area contributed by atoms with Gasteiger partial charge in [-0.2, -0.15) is 13.5 Å². The highest BCUT2D eigenvalue weighted by atomic mass is 35.5. The van der Waals surface area contributed by atoms with Crippen LogP contribution in [0.25, 0.3) is 0 Å². The van der Waals surface area contributed by atoms with Crippen LogP contribution >= 0.6 is 11.6 Å². The topological polar surface area (TPSA) is 81.2 Å². The first-order chi connectivity index (χ1) is 9.93. The molecule has 0 unspecified atom stereocenters. The molecular formula is C13H15ClN4O2S. The zero-order valence-corrected chi connectivity index (χ0v) is 13.0. The van der Waals surface area contributed by atoms with Gasteiger partial charge in [0.15, 0.2) is 5.03 Å². The Labute approximate surface area is 128 Å². The summed E-state index contributed by atoms with van der Waals surface area (Å²) in [5.74, 6) is 0. The van der Waals surface area contributed by atoms with Crippen LogP contribution in [0, 0.1) is 0 Å². The number of nitrogens with zero attached hydrogens (tertiary/aromatic N) is 3. The normalized spacial score (nSPS) is 15.0. The van der Waals surface area contributed by atoms with Crippen LogP contribution in [-0.4, -0.2) is 24.7 Å². The summed E-state index contributed by atoms with van der Waals surface area (Å²) < 4.78 is 28.4. The van der Waals surface area contributed by atoms with Crippen molar-refractivity contribution >= 4 is 33.0 Å². The summed E-state index contributed by atoms with van der Waals surface area (Å²) in [6, 6.07) is 5.31. The van der Waals surface area contributed by atoms with E-state index in [0.717, 1.165) is 18.4 Å². The van der Waals surface area contributed by atoms with Crippen molar-refractivity contribution in [1.29, 1.82) is 0 Å². The summed E-state index contributed by atoms with van der Waals surface area (Å²) in [5.41, 5.74) is 8.06. The second-order valence-electron chi connectivity index (χ2n) is 4.95. The minimum Gasteiger partial charge on any atom is -0.398 e. The van der Waals surface area contributed by atoms with E-state index in [4.69, 9.17) is 17.3 Å². The van der Waals surface area contributed by atoms with Crippen LogP contribution in [0.3, 0.4) is 0 Å². The smallest absolute Gasteiger partial charge is 0.283 e. The Hall–Kier alpha value is -1.73. The molecule has 0 spiro atoms. The van der Waals surface area contributed by atoms with Gasteiger partial charge in [0, 0.05) is 19.3 Å². The van der Waals surface area contributed by atoms with Crippen molar-refractivity contribution in [2.45, 2.75) is 17.9 Å². The molecule has 1 aliphatic heterocycles. The molecule has 0 aliphatic carbocycles. The van der Waals surface area contributed by atoms with Crippen molar-refractivity contribution < 1.29 is 8.42 Å². The van der Waals surface area contributed by atoms with Crippen molar-refractivity contribution in [3.63, 3.8) is 0 Å². The van der Waals surface area contributed by atoms with Gasteiger partial charge in [-0.3, -0.25) is 8.99 Å². The monoisotopic (exact) mass is 326 g/mol. The van der Waals surface area contributed by atoms with E-state index in [0.29, 0.717) is 17.9 Å². The Bertz CT molecular complexity index is 781. The van der Waals surface area contributed by atoms with Crippen LogP contribution in [-0.2, 0) is 23.5 Å². The molecule has 1 aliphatic rings. The second-order valence-corrected chi connectivity index (χ2v) is 7.13. The number of nitrogen functional groups attached to an aromatic ring is 1. The van der Waals surface area contributed by atoms with Crippen molar-refractivity contribution in [3.05, 3.63) is 35.0 Å². The summed E-state index contributed by atoms with van der Waals surface area (Å²) >= 11 is 5.99. The average molecular weight is 327 g/mol. The Morgan fingerprint density at radius 1 is 1.38 bits per heavy atom. The number of hydrogen-bond donors (Lipinski definition) is 1. The molecule has 0 amide bonds. The fourth-order valence-corrected chi connectivity index (χ4v) is 4.81. The zero-order valence-electron chi connectivity index (χ0n) is 11.5. The molecule has 6 nitrogen and oxygen atoms in total. The summed E-state index contributed by atoms with van der Waals surface area (Å²) in [4.78, 5) is 0. The van der Waals surface area contributed by atoms with E-state index in [9.17, 15) is 8.42 Å². The SMILES string of the molecule is Cn1ncc(Cl)c1S(=O)(=O)N1CCCc2c(N)cccc21. The van der Waals surface area contributed by atoms with Gasteiger partial charge >= 0.3 is 0 Å². The highest BCUT2D eigenvalue weighted by Gasteiger charge is 2.33. The minimum absolute atomic E-state index is 0.000517. The quantitative estimate of drug-likeness (QED) is 0.853. The number of fused-ring (bicyclic) bond motifs is 1. The lowest BCUT2D eigenvalue weighted by atomic mass is 10.0. The van der Waals surface area contributed by atoms with Gasteiger partial charge in [-0.25, -0.2) is 0 Å². The fourth-order valence-electron chi connectivity index (χ4n) is 2.66. The predicted octanol–water partition coefficient (Wildman–Crippen LogP) is 1.80. The van der Waals surface area contributed by atoms with Crippen LogP contribution in [0.4, 0.5) is 11.4 Å². The lowest BCUT2D eigenvalue weighted by molar-refractivity contribution is 0.568. The summed E-state index contributed by atoms with van der Waals surface area (Å²) in [6.07, 6.45) is 2.82. The number of aromatic nitrogens is 2. The highest BCUT2D eigenvalue weighted by molar-refractivity contribution is 7.92. The van der Waals surface area contributed by atoms with Crippen molar-refractivity contribution in [3.8, 4) is 0 Å². The van der Waals surface area contributed by atoms with Crippen LogP contribution < -0.4 is 10.0 Å². The lowest BCUT2D eigenvalue weighted by Crippen LogP contribution is -2.36. The van der Waals surface area contributed by atoms with Crippen LogP contribution in [0.15, 0.2) is 29.4 Å². The minimum atomic E-state index is -3.76.